The van der Waals surface area contributed by atoms with E-state index in [0.29, 0.717) is 36.5 Å². The van der Waals surface area contributed by atoms with Gasteiger partial charge < -0.3 is 10.1 Å². The SMILES string of the molecule is O=C(COc1ccc(Cl)cc1C=c1sc2ncnn2c1=O)Nc1ccc(Cl)cc1. The van der Waals surface area contributed by atoms with Crippen LogP contribution in [-0.4, -0.2) is 27.1 Å². The summed E-state index contributed by atoms with van der Waals surface area (Å²) < 4.78 is 7.31. The highest BCUT2D eigenvalue weighted by atomic mass is 35.5. The van der Waals surface area contributed by atoms with Gasteiger partial charge >= 0.3 is 0 Å². The molecule has 146 valence electrons. The summed E-state index contributed by atoms with van der Waals surface area (Å²) >= 11 is 13.1. The number of fused-ring (bicyclic) bond motifs is 1. The lowest BCUT2D eigenvalue weighted by Gasteiger charge is -2.10. The third kappa shape index (κ3) is 4.40. The van der Waals surface area contributed by atoms with E-state index in [1.54, 1.807) is 48.5 Å². The lowest BCUT2D eigenvalue weighted by molar-refractivity contribution is -0.118. The molecule has 29 heavy (non-hydrogen) atoms. The van der Waals surface area contributed by atoms with E-state index < -0.39 is 0 Å². The molecule has 1 amide bonds. The minimum absolute atomic E-state index is 0.218. The number of anilines is 1. The van der Waals surface area contributed by atoms with Crippen LogP contribution >= 0.6 is 34.5 Å². The van der Waals surface area contributed by atoms with E-state index in [0.717, 1.165) is 0 Å². The van der Waals surface area contributed by atoms with Gasteiger partial charge in [0, 0.05) is 21.3 Å². The van der Waals surface area contributed by atoms with Crippen LogP contribution in [0.15, 0.2) is 53.6 Å². The number of carbonyl (C=O) groups excluding carboxylic acids is 1. The highest BCUT2D eigenvalue weighted by Gasteiger charge is 2.10. The Bertz CT molecular complexity index is 1300. The Kier molecular flexibility index (Phi) is 5.48. The summed E-state index contributed by atoms with van der Waals surface area (Å²) in [6.45, 7) is -0.218. The van der Waals surface area contributed by atoms with Crippen molar-refractivity contribution in [3.05, 3.63) is 79.3 Å². The summed E-state index contributed by atoms with van der Waals surface area (Å²) in [6.07, 6.45) is 2.96. The van der Waals surface area contributed by atoms with Crippen LogP contribution in [0.3, 0.4) is 0 Å². The third-order valence-corrected chi connectivity index (χ3v) is 5.33. The van der Waals surface area contributed by atoms with Crippen LogP contribution in [0.2, 0.25) is 10.0 Å². The molecule has 0 radical (unpaired) electrons. The van der Waals surface area contributed by atoms with Gasteiger partial charge in [-0.2, -0.15) is 9.61 Å². The maximum atomic E-state index is 12.4. The summed E-state index contributed by atoms with van der Waals surface area (Å²) in [7, 11) is 0. The van der Waals surface area contributed by atoms with Gasteiger partial charge in [0.15, 0.2) is 6.61 Å². The van der Waals surface area contributed by atoms with Crippen LogP contribution in [0.4, 0.5) is 5.69 Å². The van der Waals surface area contributed by atoms with Gasteiger partial charge in [0.25, 0.3) is 11.5 Å². The van der Waals surface area contributed by atoms with E-state index in [4.69, 9.17) is 27.9 Å². The minimum atomic E-state index is -0.337. The Morgan fingerprint density at radius 2 is 1.93 bits per heavy atom. The molecule has 0 saturated heterocycles. The number of rotatable bonds is 5. The molecule has 0 spiro atoms. The molecular formula is C19H12Cl2N4O3S. The first kappa shape index (κ1) is 19.4. The summed E-state index contributed by atoms with van der Waals surface area (Å²) in [5, 5.41) is 7.66. The number of nitrogens with zero attached hydrogens (tertiary/aromatic N) is 3. The first-order valence-electron chi connectivity index (χ1n) is 8.31. The van der Waals surface area contributed by atoms with Gasteiger partial charge in [0.1, 0.15) is 12.1 Å². The number of thiazole rings is 1. The van der Waals surface area contributed by atoms with Crippen molar-refractivity contribution < 1.29 is 9.53 Å². The lowest BCUT2D eigenvalue weighted by atomic mass is 10.2. The lowest BCUT2D eigenvalue weighted by Crippen LogP contribution is -2.24. The van der Waals surface area contributed by atoms with Gasteiger partial charge in [0.2, 0.25) is 4.96 Å². The van der Waals surface area contributed by atoms with Gasteiger partial charge in [-0.05, 0) is 48.5 Å². The smallest absolute Gasteiger partial charge is 0.291 e. The van der Waals surface area contributed by atoms with Crippen LogP contribution in [-0.2, 0) is 4.79 Å². The average Bonchev–Trinajstić information content (AvgIpc) is 3.26. The molecule has 7 nitrogen and oxygen atoms in total. The Morgan fingerprint density at radius 3 is 2.69 bits per heavy atom. The Morgan fingerprint density at radius 1 is 1.17 bits per heavy atom. The molecule has 0 saturated carbocycles. The predicted octanol–water partition coefficient (Wildman–Crippen LogP) is 3.02. The fourth-order valence-corrected chi connectivity index (χ4v) is 3.74. The van der Waals surface area contributed by atoms with Crippen molar-refractivity contribution in [3.63, 3.8) is 0 Å². The number of halogens is 2. The molecule has 2 aromatic heterocycles. The van der Waals surface area contributed by atoms with Crippen molar-refractivity contribution in [2.75, 3.05) is 11.9 Å². The van der Waals surface area contributed by atoms with Crippen molar-refractivity contribution >= 4 is 57.2 Å². The summed E-state index contributed by atoms with van der Waals surface area (Å²) in [5.74, 6) is 0.0792. The highest BCUT2D eigenvalue weighted by molar-refractivity contribution is 7.15. The van der Waals surface area contributed by atoms with Crippen LogP contribution < -0.4 is 20.1 Å². The summed E-state index contributed by atoms with van der Waals surface area (Å²) in [6, 6.07) is 11.7. The van der Waals surface area contributed by atoms with Gasteiger partial charge in [-0.25, -0.2) is 4.98 Å². The zero-order chi connectivity index (χ0) is 20.4. The zero-order valence-electron chi connectivity index (χ0n) is 14.6. The van der Waals surface area contributed by atoms with E-state index in [1.807, 2.05) is 0 Å². The molecule has 0 aliphatic carbocycles. The standard InChI is InChI=1S/C19H12Cl2N4O3S/c20-12-1-4-14(5-2-12)24-17(26)9-28-15-6-3-13(21)7-11(15)8-16-18(27)25-19(29-16)22-10-23-25/h1-8,10H,9H2,(H,24,26). The molecule has 4 aromatic rings. The van der Waals surface area contributed by atoms with Crippen molar-refractivity contribution in [3.8, 4) is 5.75 Å². The molecule has 0 unspecified atom stereocenters. The van der Waals surface area contributed by atoms with Crippen LogP contribution in [0.25, 0.3) is 11.0 Å². The fourth-order valence-electron chi connectivity index (χ4n) is 2.56. The monoisotopic (exact) mass is 446 g/mol. The topological polar surface area (TPSA) is 85.6 Å². The quantitative estimate of drug-likeness (QED) is 0.509. The van der Waals surface area contributed by atoms with Gasteiger partial charge in [0.05, 0.1) is 4.53 Å². The number of amides is 1. The Labute approximate surface area is 178 Å². The maximum Gasteiger partial charge on any atom is 0.291 e. The second-order valence-corrected chi connectivity index (χ2v) is 7.78. The van der Waals surface area contributed by atoms with Gasteiger partial charge in [-0.15, -0.1) is 0 Å². The number of nitrogens with one attached hydrogen (secondary N) is 1. The van der Waals surface area contributed by atoms with Crippen molar-refractivity contribution in [1.29, 1.82) is 0 Å². The van der Waals surface area contributed by atoms with E-state index in [2.05, 4.69) is 15.4 Å². The second-order valence-electron chi connectivity index (χ2n) is 5.90. The van der Waals surface area contributed by atoms with Crippen LogP contribution in [0.5, 0.6) is 5.75 Å². The Hall–Kier alpha value is -2.94. The number of ether oxygens (including phenoxy) is 1. The Balaban J connectivity index is 1.55. The van der Waals surface area contributed by atoms with E-state index in [9.17, 15) is 9.59 Å². The van der Waals surface area contributed by atoms with E-state index in [-0.39, 0.29) is 18.1 Å². The normalized spacial score (nSPS) is 11.7. The minimum Gasteiger partial charge on any atom is -0.483 e. The highest BCUT2D eigenvalue weighted by Crippen LogP contribution is 2.24. The number of aromatic nitrogens is 3. The van der Waals surface area contributed by atoms with Crippen molar-refractivity contribution in [1.82, 2.24) is 14.6 Å². The molecule has 10 heteroatoms. The molecular weight excluding hydrogens is 435 g/mol. The molecule has 4 rings (SSSR count). The zero-order valence-corrected chi connectivity index (χ0v) is 17.0. The van der Waals surface area contributed by atoms with Crippen molar-refractivity contribution in [2.45, 2.75) is 0 Å². The number of hydrogen-bond donors (Lipinski definition) is 1. The largest absolute Gasteiger partial charge is 0.483 e. The number of hydrogen-bond acceptors (Lipinski definition) is 6. The van der Waals surface area contributed by atoms with E-state index >= 15 is 0 Å². The van der Waals surface area contributed by atoms with Crippen LogP contribution in [0, 0.1) is 0 Å². The molecule has 0 atom stereocenters. The predicted molar refractivity (Wildman–Crippen MR) is 113 cm³/mol. The first-order chi connectivity index (χ1) is 14.0. The van der Waals surface area contributed by atoms with Gasteiger partial charge in [-0.1, -0.05) is 34.5 Å². The second kappa shape index (κ2) is 8.20. The summed E-state index contributed by atoms with van der Waals surface area (Å²) in [5.41, 5.74) is 0.892. The summed E-state index contributed by atoms with van der Waals surface area (Å²) in [4.78, 5) is 29.1. The third-order valence-electron chi connectivity index (χ3n) is 3.87. The maximum absolute atomic E-state index is 12.4. The molecule has 2 heterocycles. The molecule has 2 aromatic carbocycles. The van der Waals surface area contributed by atoms with E-state index in [1.165, 1.54) is 22.2 Å². The molecule has 1 N–H and O–H groups in total. The first-order valence-corrected chi connectivity index (χ1v) is 9.89. The van der Waals surface area contributed by atoms with Crippen LogP contribution in [0.1, 0.15) is 5.56 Å². The number of carbonyl (C=O) groups is 1. The van der Waals surface area contributed by atoms with Crippen molar-refractivity contribution in [2.24, 2.45) is 0 Å². The molecule has 0 aliphatic rings. The molecule has 0 bridgehead atoms. The average molecular weight is 447 g/mol. The molecule has 0 fully saturated rings. The number of benzene rings is 2. The fraction of sp³-hybridized carbons (Fsp3) is 0.0526. The molecule has 0 aliphatic heterocycles. The van der Waals surface area contributed by atoms with Gasteiger partial charge in [-0.3, -0.25) is 9.59 Å².